The van der Waals surface area contributed by atoms with E-state index in [4.69, 9.17) is 5.73 Å². The minimum atomic E-state index is 0.0131. The lowest BCUT2D eigenvalue weighted by atomic mass is 10.2. The van der Waals surface area contributed by atoms with Crippen molar-refractivity contribution in [3.63, 3.8) is 0 Å². The zero-order chi connectivity index (χ0) is 11.4. The van der Waals surface area contributed by atoms with E-state index in [0.29, 0.717) is 24.3 Å². The van der Waals surface area contributed by atoms with Gasteiger partial charge in [-0.25, -0.2) is 0 Å². The van der Waals surface area contributed by atoms with Crippen molar-refractivity contribution in [1.29, 1.82) is 0 Å². The highest BCUT2D eigenvalue weighted by molar-refractivity contribution is 9.10. The van der Waals surface area contributed by atoms with E-state index in [1.165, 1.54) is 0 Å². The van der Waals surface area contributed by atoms with Crippen LogP contribution < -0.4 is 5.73 Å². The zero-order valence-corrected chi connectivity index (χ0v) is 10.5. The zero-order valence-electron chi connectivity index (χ0n) is 8.96. The van der Waals surface area contributed by atoms with Gasteiger partial charge in [0.25, 0.3) is 5.91 Å². The molecule has 0 bridgehead atoms. The van der Waals surface area contributed by atoms with E-state index in [1.807, 2.05) is 13.8 Å². The van der Waals surface area contributed by atoms with Crippen molar-refractivity contribution in [3.05, 3.63) is 28.2 Å². The topological polar surface area (TPSA) is 46.3 Å². The SMILES string of the molecule is CCN(CC)C(=O)c1cc(N)ccc1Br. The van der Waals surface area contributed by atoms with Crippen molar-refractivity contribution >= 4 is 27.5 Å². The number of nitrogens with two attached hydrogens (primary N) is 1. The number of amides is 1. The largest absolute Gasteiger partial charge is 0.399 e. The summed E-state index contributed by atoms with van der Waals surface area (Å²) in [5.41, 5.74) is 6.89. The Bertz CT molecular complexity index is 362. The molecule has 15 heavy (non-hydrogen) atoms. The third-order valence-corrected chi connectivity index (χ3v) is 2.96. The summed E-state index contributed by atoms with van der Waals surface area (Å²) in [4.78, 5) is 13.8. The number of hydrogen-bond donors (Lipinski definition) is 1. The highest BCUT2D eigenvalue weighted by Crippen LogP contribution is 2.21. The summed E-state index contributed by atoms with van der Waals surface area (Å²) in [7, 11) is 0. The molecule has 0 spiro atoms. The van der Waals surface area contributed by atoms with Crippen LogP contribution in [0.1, 0.15) is 24.2 Å². The Morgan fingerprint density at radius 1 is 1.40 bits per heavy atom. The van der Waals surface area contributed by atoms with Crippen LogP contribution in [-0.2, 0) is 0 Å². The normalized spacial score (nSPS) is 10.1. The molecule has 0 heterocycles. The van der Waals surface area contributed by atoms with Gasteiger partial charge < -0.3 is 10.6 Å². The number of anilines is 1. The van der Waals surface area contributed by atoms with Crippen LogP contribution in [-0.4, -0.2) is 23.9 Å². The first-order valence-electron chi connectivity index (χ1n) is 4.94. The summed E-state index contributed by atoms with van der Waals surface area (Å²) < 4.78 is 0.786. The van der Waals surface area contributed by atoms with Gasteiger partial charge in [-0.3, -0.25) is 4.79 Å². The molecule has 0 aliphatic heterocycles. The van der Waals surface area contributed by atoms with Crippen LogP contribution in [0.15, 0.2) is 22.7 Å². The fourth-order valence-corrected chi connectivity index (χ4v) is 1.80. The number of nitrogens with zero attached hydrogens (tertiary/aromatic N) is 1. The Morgan fingerprint density at radius 2 is 2.00 bits per heavy atom. The molecule has 3 nitrogen and oxygen atoms in total. The maximum absolute atomic E-state index is 12.0. The standard InChI is InChI=1S/C11H15BrN2O/c1-3-14(4-2)11(15)9-7-8(13)5-6-10(9)12/h5-7H,3-4,13H2,1-2H3. The maximum atomic E-state index is 12.0. The highest BCUT2D eigenvalue weighted by atomic mass is 79.9. The molecule has 0 atom stereocenters. The van der Waals surface area contributed by atoms with Gasteiger partial charge in [0, 0.05) is 23.2 Å². The first-order chi connectivity index (χ1) is 7.10. The second kappa shape index (κ2) is 5.16. The number of carbonyl (C=O) groups is 1. The van der Waals surface area contributed by atoms with Gasteiger partial charge in [-0.05, 0) is 48.0 Å². The second-order valence-corrected chi connectivity index (χ2v) is 4.07. The molecular weight excluding hydrogens is 256 g/mol. The molecule has 1 rings (SSSR count). The Hall–Kier alpha value is -1.03. The van der Waals surface area contributed by atoms with Crippen molar-refractivity contribution in [1.82, 2.24) is 4.90 Å². The number of halogens is 1. The molecule has 0 radical (unpaired) electrons. The van der Waals surface area contributed by atoms with Crippen LogP contribution in [0.3, 0.4) is 0 Å². The van der Waals surface area contributed by atoms with Crippen molar-refractivity contribution in [3.8, 4) is 0 Å². The molecule has 0 aliphatic carbocycles. The van der Waals surface area contributed by atoms with Gasteiger partial charge in [0.05, 0.1) is 5.56 Å². The van der Waals surface area contributed by atoms with Crippen LogP contribution >= 0.6 is 15.9 Å². The molecule has 2 N–H and O–H groups in total. The quantitative estimate of drug-likeness (QED) is 0.858. The molecule has 0 saturated heterocycles. The first kappa shape index (κ1) is 12.0. The summed E-state index contributed by atoms with van der Waals surface area (Å²) in [5, 5.41) is 0. The molecule has 1 aromatic carbocycles. The average Bonchev–Trinajstić information content (AvgIpc) is 2.23. The predicted octanol–water partition coefficient (Wildman–Crippen LogP) is 2.51. The van der Waals surface area contributed by atoms with Crippen LogP contribution in [0, 0.1) is 0 Å². The van der Waals surface area contributed by atoms with E-state index in [-0.39, 0.29) is 5.91 Å². The fraction of sp³-hybridized carbons (Fsp3) is 0.364. The molecule has 0 aromatic heterocycles. The van der Waals surface area contributed by atoms with Crippen molar-refractivity contribution in [2.24, 2.45) is 0 Å². The van der Waals surface area contributed by atoms with Crippen LogP contribution in [0.5, 0.6) is 0 Å². The Kier molecular flexibility index (Phi) is 4.15. The number of benzene rings is 1. The Balaban J connectivity index is 3.04. The number of carbonyl (C=O) groups excluding carboxylic acids is 1. The van der Waals surface area contributed by atoms with Crippen LogP contribution in [0.4, 0.5) is 5.69 Å². The summed E-state index contributed by atoms with van der Waals surface area (Å²) >= 11 is 3.35. The number of nitrogen functional groups attached to an aromatic ring is 1. The molecule has 1 aromatic rings. The molecule has 0 fully saturated rings. The lowest BCUT2D eigenvalue weighted by Crippen LogP contribution is -2.30. The smallest absolute Gasteiger partial charge is 0.255 e. The van der Waals surface area contributed by atoms with E-state index in [9.17, 15) is 4.79 Å². The van der Waals surface area contributed by atoms with Crippen molar-refractivity contribution in [2.45, 2.75) is 13.8 Å². The third-order valence-electron chi connectivity index (χ3n) is 2.27. The van der Waals surface area contributed by atoms with Gasteiger partial charge in [-0.15, -0.1) is 0 Å². The lowest BCUT2D eigenvalue weighted by molar-refractivity contribution is 0.0772. The van der Waals surface area contributed by atoms with E-state index < -0.39 is 0 Å². The molecular formula is C11H15BrN2O. The third kappa shape index (κ3) is 2.72. The van der Waals surface area contributed by atoms with Crippen LogP contribution in [0.2, 0.25) is 0 Å². The predicted molar refractivity (Wildman–Crippen MR) is 65.8 cm³/mol. The van der Waals surface area contributed by atoms with Crippen LogP contribution in [0.25, 0.3) is 0 Å². The minimum absolute atomic E-state index is 0.0131. The maximum Gasteiger partial charge on any atom is 0.255 e. The number of hydrogen-bond acceptors (Lipinski definition) is 2. The molecule has 0 unspecified atom stereocenters. The molecule has 4 heteroatoms. The monoisotopic (exact) mass is 270 g/mol. The Labute approximate surface area is 98.4 Å². The van der Waals surface area contributed by atoms with Crippen molar-refractivity contribution in [2.75, 3.05) is 18.8 Å². The summed E-state index contributed by atoms with van der Waals surface area (Å²) in [6.45, 7) is 5.33. The summed E-state index contributed by atoms with van der Waals surface area (Å²) in [5.74, 6) is 0.0131. The van der Waals surface area contributed by atoms with E-state index in [0.717, 1.165) is 4.47 Å². The van der Waals surface area contributed by atoms with Gasteiger partial charge >= 0.3 is 0 Å². The fourth-order valence-electron chi connectivity index (χ4n) is 1.39. The van der Waals surface area contributed by atoms with Gasteiger partial charge in [0.15, 0.2) is 0 Å². The van der Waals surface area contributed by atoms with Gasteiger partial charge in [0.2, 0.25) is 0 Å². The second-order valence-electron chi connectivity index (χ2n) is 3.22. The van der Waals surface area contributed by atoms with E-state index >= 15 is 0 Å². The minimum Gasteiger partial charge on any atom is -0.399 e. The molecule has 82 valence electrons. The van der Waals surface area contributed by atoms with E-state index in [2.05, 4.69) is 15.9 Å². The molecule has 0 saturated carbocycles. The van der Waals surface area contributed by atoms with Gasteiger partial charge in [0.1, 0.15) is 0 Å². The molecule has 0 aliphatic rings. The van der Waals surface area contributed by atoms with Gasteiger partial charge in [-0.1, -0.05) is 0 Å². The van der Waals surface area contributed by atoms with Gasteiger partial charge in [-0.2, -0.15) is 0 Å². The first-order valence-corrected chi connectivity index (χ1v) is 5.73. The summed E-state index contributed by atoms with van der Waals surface area (Å²) in [6.07, 6.45) is 0. The molecule has 1 amide bonds. The number of rotatable bonds is 3. The Morgan fingerprint density at radius 3 is 2.53 bits per heavy atom. The lowest BCUT2D eigenvalue weighted by Gasteiger charge is -2.19. The average molecular weight is 271 g/mol. The highest BCUT2D eigenvalue weighted by Gasteiger charge is 2.15. The summed E-state index contributed by atoms with van der Waals surface area (Å²) in [6, 6.07) is 5.26. The van der Waals surface area contributed by atoms with E-state index in [1.54, 1.807) is 23.1 Å². The van der Waals surface area contributed by atoms with Crippen molar-refractivity contribution < 1.29 is 4.79 Å².